The molecular formula is C17H16I2N2O3. The second kappa shape index (κ2) is 8.65. The monoisotopic (exact) mass is 550 g/mol. The first-order chi connectivity index (χ1) is 11.4. The predicted molar refractivity (Wildman–Crippen MR) is 111 cm³/mol. The topological polar surface area (TPSA) is 70.9 Å². The van der Waals surface area contributed by atoms with Crippen LogP contribution in [0.3, 0.4) is 0 Å². The number of nitrogens with one attached hydrogen (secondary N) is 1. The number of hydrogen-bond donors (Lipinski definition) is 2. The van der Waals surface area contributed by atoms with Crippen molar-refractivity contribution in [2.24, 2.45) is 5.10 Å². The second-order valence-electron chi connectivity index (χ2n) is 5.13. The van der Waals surface area contributed by atoms with Crippen molar-refractivity contribution in [1.82, 2.24) is 5.43 Å². The fourth-order valence-electron chi connectivity index (χ4n) is 2.05. The standard InChI is InChI=1S/C17H16I2N2O3/c1-10-4-3-5-11(2)17(10)24-9-15(22)21-20-8-12-6-13(18)7-14(19)16(12)23/h3-8,23H,9H2,1-2H3,(H,21,22). The Morgan fingerprint density at radius 3 is 2.62 bits per heavy atom. The van der Waals surface area contributed by atoms with Crippen LogP contribution in [0.1, 0.15) is 16.7 Å². The molecule has 2 aromatic carbocycles. The summed E-state index contributed by atoms with van der Waals surface area (Å²) in [6, 6.07) is 9.43. The largest absolute Gasteiger partial charge is 0.506 e. The summed E-state index contributed by atoms with van der Waals surface area (Å²) in [7, 11) is 0. The number of hydrogen-bond acceptors (Lipinski definition) is 4. The molecule has 0 radical (unpaired) electrons. The molecule has 0 fully saturated rings. The number of hydrazone groups is 1. The van der Waals surface area contributed by atoms with Crippen LogP contribution in [0.25, 0.3) is 0 Å². The van der Waals surface area contributed by atoms with Gasteiger partial charge in [0.25, 0.3) is 5.91 Å². The van der Waals surface area contributed by atoms with Crippen molar-refractivity contribution < 1.29 is 14.6 Å². The fourth-order valence-corrected chi connectivity index (χ4v) is 3.94. The highest BCUT2D eigenvalue weighted by Gasteiger charge is 2.07. The molecule has 0 aliphatic heterocycles. The molecule has 2 N–H and O–H groups in total. The number of phenols is 1. The Morgan fingerprint density at radius 2 is 1.96 bits per heavy atom. The number of ether oxygens (including phenoxy) is 1. The van der Waals surface area contributed by atoms with Gasteiger partial charge >= 0.3 is 0 Å². The van der Waals surface area contributed by atoms with Gasteiger partial charge in [0.1, 0.15) is 11.5 Å². The summed E-state index contributed by atoms with van der Waals surface area (Å²) < 4.78 is 7.26. The van der Waals surface area contributed by atoms with E-state index in [1.54, 1.807) is 6.07 Å². The SMILES string of the molecule is Cc1cccc(C)c1OCC(=O)NN=Cc1cc(I)cc(I)c1O. The van der Waals surface area contributed by atoms with Crippen molar-refractivity contribution in [3.05, 3.63) is 54.2 Å². The molecule has 2 rings (SSSR count). The van der Waals surface area contributed by atoms with E-state index in [2.05, 4.69) is 33.1 Å². The van der Waals surface area contributed by atoms with Crippen LogP contribution in [0.4, 0.5) is 0 Å². The zero-order valence-corrected chi connectivity index (χ0v) is 17.5. The van der Waals surface area contributed by atoms with Crippen molar-refractivity contribution in [2.45, 2.75) is 13.8 Å². The number of benzene rings is 2. The van der Waals surface area contributed by atoms with Gasteiger partial charge in [0.2, 0.25) is 0 Å². The average Bonchev–Trinajstić information content (AvgIpc) is 2.51. The molecule has 0 unspecified atom stereocenters. The van der Waals surface area contributed by atoms with Gasteiger partial charge < -0.3 is 9.84 Å². The van der Waals surface area contributed by atoms with E-state index in [9.17, 15) is 9.90 Å². The van der Waals surface area contributed by atoms with E-state index >= 15 is 0 Å². The lowest BCUT2D eigenvalue weighted by atomic mass is 10.1. The van der Waals surface area contributed by atoms with Crippen molar-refractivity contribution in [3.8, 4) is 11.5 Å². The molecule has 0 bridgehead atoms. The van der Waals surface area contributed by atoms with E-state index in [-0.39, 0.29) is 18.3 Å². The number of aryl methyl sites for hydroxylation is 2. The molecule has 126 valence electrons. The van der Waals surface area contributed by atoms with Gasteiger partial charge in [0, 0.05) is 9.13 Å². The van der Waals surface area contributed by atoms with Gasteiger partial charge in [-0.1, -0.05) is 18.2 Å². The maximum absolute atomic E-state index is 11.8. The van der Waals surface area contributed by atoms with Crippen LogP contribution in [0.15, 0.2) is 35.4 Å². The Morgan fingerprint density at radius 1 is 1.29 bits per heavy atom. The maximum atomic E-state index is 11.8. The molecule has 0 atom stereocenters. The highest BCUT2D eigenvalue weighted by Crippen LogP contribution is 2.25. The second-order valence-corrected chi connectivity index (χ2v) is 7.54. The zero-order valence-electron chi connectivity index (χ0n) is 13.1. The first-order valence-electron chi connectivity index (χ1n) is 7.07. The fraction of sp³-hybridized carbons (Fsp3) is 0.176. The molecule has 0 spiro atoms. The van der Waals surface area contributed by atoms with Crippen LogP contribution in [0, 0.1) is 21.0 Å². The third kappa shape index (κ3) is 5.07. The zero-order chi connectivity index (χ0) is 17.7. The van der Waals surface area contributed by atoms with Gasteiger partial charge in [-0.2, -0.15) is 5.10 Å². The molecule has 0 aromatic heterocycles. The minimum absolute atomic E-state index is 0.126. The van der Waals surface area contributed by atoms with E-state index in [1.807, 2.05) is 60.7 Å². The molecule has 24 heavy (non-hydrogen) atoms. The number of halogens is 2. The highest BCUT2D eigenvalue weighted by atomic mass is 127. The van der Waals surface area contributed by atoms with Crippen molar-refractivity contribution in [1.29, 1.82) is 0 Å². The third-order valence-electron chi connectivity index (χ3n) is 3.21. The Balaban J connectivity index is 1.94. The average molecular weight is 550 g/mol. The molecule has 5 nitrogen and oxygen atoms in total. The third-order valence-corrected chi connectivity index (χ3v) is 4.65. The molecular weight excluding hydrogens is 534 g/mol. The van der Waals surface area contributed by atoms with Crippen molar-refractivity contribution in [2.75, 3.05) is 6.61 Å². The molecule has 0 saturated heterocycles. The summed E-state index contributed by atoms with van der Waals surface area (Å²) in [5.74, 6) is 0.482. The molecule has 2 aromatic rings. The summed E-state index contributed by atoms with van der Waals surface area (Å²) in [6.07, 6.45) is 1.41. The van der Waals surface area contributed by atoms with E-state index in [0.29, 0.717) is 11.3 Å². The first-order valence-corrected chi connectivity index (χ1v) is 9.23. The first kappa shape index (κ1) is 19.0. The minimum Gasteiger partial charge on any atom is -0.506 e. The molecule has 0 aliphatic rings. The van der Waals surface area contributed by atoms with Gasteiger partial charge in [-0.05, 0) is 82.3 Å². The van der Waals surface area contributed by atoms with E-state index in [4.69, 9.17) is 4.74 Å². The predicted octanol–water partition coefficient (Wildman–Crippen LogP) is 3.75. The number of nitrogens with zero attached hydrogens (tertiary/aromatic N) is 1. The van der Waals surface area contributed by atoms with Gasteiger partial charge in [-0.3, -0.25) is 4.79 Å². The molecule has 0 aliphatic carbocycles. The lowest BCUT2D eigenvalue weighted by molar-refractivity contribution is -0.123. The van der Waals surface area contributed by atoms with Gasteiger partial charge in [-0.15, -0.1) is 0 Å². The Bertz CT molecular complexity index is 771. The normalized spacial score (nSPS) is 10.8. The van der Waals surface area contributed by atoms with Crippen LogP contribution >= 0.6 is 45.2 Å². The Kier molecular flexibility index (Phi) is 6.84. The van der Waals surface area contributed by atoms with Crippen LogP contribution in [0.5, 0.6) is 11.5 Å². The van der Waals surface area contributed by atoms with Crippen molar-refractivity contribution >= 4 is 57.3 Å². The van der Waals surface area contributed by atoms with Gasteiger partial charge in [-0.25, -0.2) is 5.43 Å². The van der Waals surface area contributed by atoms with Crippen LogP contribution in [-0.4, -0.2) is 23.8 Å². The van der Waals surface area contributed by atoms with Gasteiger partial charge in [0.15, 0.2) is 6.61 Å². The molecule has 7 heteroatoms. The Hall–Kier alpha value is -1.36. The summed E-state index contributed by atoms with van der Waals surface area (Å²) in [4.78, 5) is 11.8. The maximum Gasteiger partial charge on any atom is 0.277 e. The number of amides is 1. The smallest absolute Gasteiger partial charge is 0.277 e. The Labute approximate surface area is 167 Å². The lowest BCUT2D eigenvalue weighted by Crippen LogP contribution is -2.25. The number of rotatable bonds is 5. The summed E-state index contributed by atoms with van der Waals surface area (Å²) in [5, 5.41) is 13.8. The van der Waals surface area contributed by atoms with Crippen LogP contribution in [-0.2, 0) is 4.79 Å². The minimum atomic E-state index is -0.367. The number of aromatic hydroxyl groups is 1. The van der Waals surface area contributed by atoms with Crippen LogP contribution in [0.2, 0.25) is 0 Å². The van der Waals surface area contributed by atoms with Crippen molar-refractivity contribution in [3.63, 3.8) is 0 Å². The lowest BCUT2D eigenvalue weighted by Gasteiger charge is -2.10. The summed E-state index contributed by atoms with van der Waals surface area (Å²) in [6.45, 7) is 3.73. The van der Waals surface area contributed by atoms with E-state index < -0.39 is 0 Å². The number of carbonyl (C=O) groups is 1. The highest BCUT2D eigenvalue weighted by molar-refractivity contribution is 14.1. The summed E-state index contributed by atoms with van der Waals surface area (Å²) >= 11 is 4.20. The van der Waals surface area contributed by atoms with Crippen LogP contribution < -0.4 is 10.2 Å². The van der Waals surface area contributed by atoms with E-state index in [0.717, 1.165) is 18.3 Å². The van der Waals surface area contributed by atoms with E-state index in [1.165, 1.54) is 6.21 Å². The quantitative estimate of drug-likeness (QED) is 0.339. The van der Waals surface area contributed by atoms with Gasteiger partial charge in [0.05, 0.1) is 9.78 Å². The molecule has 0 heterocycles. The number of carbonyl (C=O) groups excluding carboxylic acids is 1. The number of phenolic OH excluding ortho intramolecular Hbond substituents is 1. The summed E-state index contributed by atoms with van der Waals surface area (Å²) in [5.41, 5.74) is 4.89. The number of para-hydroxylation sites is 1. The molecule has 0 saturated carbocycles. The molecule has 1 amide bonds.